The number of halogens is 1. The Morgan fingerprint density at radius 3 is 2.47 bits per heavy atom. The number of ether oxygens (including phenoxy) is 1. The maximum Gasteiger partial charge on any atom is 0.409 e. The number of amides is 1. The van der Waals surface area contributed by atoms with Crippen LogP contribution in [0.4, 0.5) is 4.79 Å². The average molecular weight is 263 g/mol. The molecule has 1 amide bonds. The van der Waals surface area contributed by atoms with Crippen LogP contribution in [0.1, 0.15) is 38.5 Å². The Bertz CT molecular complexity index is 245. The third-order valence-electron chi connectivity index (χ3n) is 3.68. The van der Waals surface area contributed by atoms with Crippen LogP contribution in [-0.4, -0.2) is 43.3 Å². The van der Waals surface area contributed by atoms with Gasteiger partial charge in [-0.15, -0.1) is 12.4 Å². The number of hydrogen-bond acceptors (Lipinski definition) is 3. The first-order valence-electron chi connectivity index (χ1n) is 6.38. The summed E-state index contributed by atoms with van der Waals surface area (Å²) in [6.45, 7) is 1.65. The van der Waals surface area contributed by atoms with Gasteiger partial charge in [-0.2, -0.15) is 0 Å². The topological polar surface area (TPSA) is 41.6 Å². The number of rotatable bonds is 2. The second kappa shape index (κ2) is 7.07. The monoisotopic (exact) mass is 262 g/mol. The number of nitrogens with zero attached hydrogens (tertiary/aromatic N) is 1. The minimum absolute atomic E-state index is 0. The summed E-state index contributed by atoms with van der Waals surface area (Å²) < 4.78 is 4.77. The number of nitrogens with one attached hydrogen (secondary N) is 1. The molecule has 2 rings (SSSR count). The number of piperidine rings is 1. The first-order valence-corrected chi connectivity index (χ1v) is 6.38. The zero-order valence-corrected chi connectivity index (χ0v) is 11.3. The quantitative estimate of drug-likeness (QED) is 0.829. The van der Waals surface area contributed by atoms with Crippen molar-refractivity contribution in [1.29, 1.82) is 0 Å². The molecule has 5 heteroatoms. The van der Waals surface area contributed by atoms with E-state index in [9.17, 15) is 4.79 Å². The van der Waals surface area contributed by atoms with Crippen molar-refractivity contribution in [2.75, 3.05) is 20.2 Å². The van der Waals surface area contributed by atoms with Gasteiger partial charge in [-0.25, -0.2) is 4.79 Å². The number of carbonyl (C=O) groups excluding carboxylic acids is 1. The van der Waals surface area contributed by atoms with Crippen LogP contribution in [0.2, 0.25) is 0 Å². The number of hydrogen-bond donors (Lipinski definition) is 1. The number of carbonyl (C=O) groups is 1. The van der Waals surface area contributed by atoms with Crippen molar-refractivity contribution in [2.24, 2.45) is 0 Å². The van der Waals surface area contributed by atoms with E-state index in [2.05, 4.69) is 5.32 Å². The van der Waals surface area contributed by atoms with Gasteiger partial charge in [0, 0.05) is 25.2 Å². The van der Waals surface area contributed by atoms with Crippen LogP contribution in [0.3, 0.4) is 0 Å². The minimum Gasteiger partial charge on any atom is -0.453 e. The molecule has 0 aromatic rings. The standard InChI is InChI=1S/C12H22N2O2.ClH/c1-16-12(15)14-8-4-7-11(9-14)13-10-5-2-3-6-10;/h10-11,13H,2-9H2,1H3;1H. The van der Waals surface area contributed by atoms with E-state index in [0.29, 0.717) is 12.1 Å². The van der Waals surface area contributed by atoms with E-state index in [4.69, 9.17) is 4.74 Å². The molecule has 1 heterocycles. The molecule has 0 radical (unpaired) electrons. The smallest absolute Gasteiger partial charge is 0.409 e. The normalized spacial score (nSPS) is 25.5. The largest absolute Gasteiger partial charge is 0.453 e. The van der Waals surface area contributed by atoms with E-state index in [1.807, 2.05) is 4.90 Å². The summed E-state index contributed by atoms with van der Waals surface area (Å²) in [5, 5.41) is 3.68. The Morgan fingerprint density at radius 2 is 1.82 bits per heavy atom. The van der Waals surface area contributed by atoms with E-state index in [0.717, 1.165) is 19.5 Å². The zero-order chi connectivity index (χ0) is 11.4. The molecule has 0 bridgehead atoms. The molecule has 4 nitrogen and oxygen atoms in total. The molecule has 17 heavy (non-hydrogen) atoms. The summed E-state index contributed by atoms with van der Waals surface area (Å²) in [5.74, 6) is 0. The summed E-state index contributed by atoms with van der Waals surface area (Å²) in [4.78, 5) is 13.2. The average Bonchev–Trinajstić information content (AvgIpc) is 2.81. The molecule has 0 aromatic heterocycles. The van der Waals surface area contributed by atoms with Gasteiger partial charge in [-0.1, -0.05) is 12.8 Å². The van der Waals surface area contributed by atoms with Crippen LogP contribution in [0, 0.1) is 0 Å². The van der Waals surface area contributed by atoms with Gasteiger partial charge < -0.3 is 15.0 Å². The van der Waals surface area contributed by atoms with E-state index in [1.165, 1.54) is 39.2 Å². The van der Waals surface area contributed by atoms with Crippen LogP contribution in [-0.2, 0) is 4.74 Å². The predicted octanol–water partition coefficient (Wildman–Crippen LogP) is 2.17. The molecule has 2 fully saturated rings. The van der Waals surface area contributed by atoms with Gasteiger partial charge in [0.2, 0.25) is 0 Å². The van der Waals surface area contributed by atoms with Crippen LogP contribution < -0.4 is 5.32 Å². The van der Waals surface area contributed by atoms with Crippen molar-refractivity contribution in [1.82, 2.24) is 10.2 Å². The molecule has 1 N–H and O–H groups in total. The highest BCUT2D eigenvalue weighted by atomic mass is 35.5. The SMILES string of the molecule is COC(=O)N1CCCC(NC2CCCC2)C1.Cl. The fourth-order valence-electron chi connectivity index (χ4n) is 2.83. The van der Waals surface area contributed by atoms with Crippen molar-refractivity contribution >= 4 is 18.5 Å². The van der Waals surface area contributed by atoms with Crippen molar-refractivity contribution < 1.29 is 9.53 Å². The molecule has 1 saturated carbocycles. The van der Waals surface area contributed by atoms with Crippen LogP contribution >= 0.6 is 12.4 Å². The number of methoxy groups -OCH3 is 1. The first kappa shape index (κ1) is 14.6. The van der Waals surface area contributed by atoms with Crippen LogP contribution in [0.5, 0.6) is 0 Å². The Labute approximate surface area is 109 Å². The van der Waals surface area contributed by atoms with Crippen molar-refractivity contribution in [3.8, 4) is 0 Å². The second-order valence-corrected chi connectivity index (χ2v) is 4.90. The van der Waals surface area contributed by atoms with Gasteiger partial charge in [-0.05, 0) is 25.7 Å². The molecule has 1 aliphatic heterocycles. The third-order valence-corrected chi connectivity index (χ3v) is 3.68. The third kappa shape index (κ3) is 4.03. The van der Waals surface area contributed by atoms with Gasteiger partial charge >= 0.3 is 6.09 Å². The van der Waals surface area contributed by atoms with Gasteiger partial charge in [0.05, 0.1) is 7.11 Å². The Hall–Kier alpha value is -0.480. The Morgan fingerprint density at radius 1 is 1.18 bits per heavy atom. The highest BCUT2D eigenvalue weighted by molar-refractivity contribution is 5.85. The maximum absolute atomic E-state index is 11.4. The van der Waals surface area contributed by atoms with Crippen molar-refractivity contribution in [2.45, 2.75) is 50.6 Å². The molecule has 100 valence electrons. The summed E-state index contributed by atoms with van der Waals surface area (Å²) >= 11 is 0. The molecule has 2 aliphatic rings. The van der Waals surface area contributed by atoms with Crippen molar-refractivity contribution in [3.05, 3.63) is 0 Å². The highest BCUT2D eigenvalue weighted by Gasteiger charge is 2.26. The van der Waals surface area contributed by atoms with E-state index < -0.39 is 0 Å². The lowest BCUT2D eigenvalue weighted by atomic mass is 10.0. The van der Waals surface area contributed by atoms with Crippen LogP contribution in [0.25, 0.3) is 0 Å². The molecule has 1 atom stereocenters. The van der Waals surface area contributed by atoms with Gasteiger partial charge in [-0.3, -0.25) is 0 Å². The van der Waals surface area contributed by atoms with E-state index in [1.54, 1.807) is 0 Å². The molecule has 1 aliphatic carbocycles. The Kier molecular flexibility index (Phi) is 6.06. The van der Waals surface area contributed by atoms with Crippen molar-refractivity contribution in [3.63, 3.8) is 0 Å². The lowest BCUT2D eigenvalue weighted by molar-refractivity contribution is 0.106. The first-order chi connectivity index (χ1) is 7.79. The molecule has 0 aromatic carbocycles. The zero-order valence-electron chi connectivity index (χ0n) is 10.5. The van der Waals surface area contributed by atoms with Gasteiger partial charge in [0.25, 0.3) is 0 Å². The lowest BCUT2D eigenvalue weighted by Gasteiger charge is -2.33. The molecular weight excluding hydrogens is 240 g/mol. The highest BCUT2D eigenvalue weighted by Crippen LogP contribution is 2.20. The molecule has 1 saturated heterocycles. The summed E-state index contributed by atoms with van der Waals surface area (Å²) in [6, 6.07) is 1.15. The number of likely N-dealkylation sites (tertiary alicyclic amines) is 1. The summed E-state index contributed by atoms with van der Waals surface area (Å²) in [7, 11) is 1.45. The summed E-state index contributed by atoms with van der Waals surface area (Å²) in [5.41, 5.74) is 0. The van der Waals surface area contributed by atoms with E-state index in [-0.39, 0.29) is 18.5 Å². The lowest BCUT2D eigenvalue weighted by Crippen LogP contribution is -2.50. The van der Waals surface area contributed by atoms with Gasteiger partial charge in [0.15, 0.2) is 0 Å². The van der Waals surface area contributed by atoms with Gasteiger partial charge in [0.1, 0.15) is 0 Å². The fraction of sp³-hybridized carbons (Fsp3) is 0.917. The fourth-order valence-corrected chi connectivity index (χ4v) is 2.83. The molecule has 0 spiro atoms. The van der Waals surface area contributed by atoms with E-state index >= 15 is 0 Å². The minimum atomic E-state index is -0.182. The predicted molar refractivity (Wildman–Crippen MR) is 69.6 cm³/mol. The maximum atomic E-state index is 11.4. The van der Waals surface area contributed by atoms with Crippen LogP contribution in [0.15, 0.2) is 0 Å². The second-order valence-electron chi connectivity index (χ2n) is 4.90. The molecular formula is C12H23ClN2O2. The molecule has 1 unspecified atom stereocenters. The summed E-state index contributed by atoms with van der Waals surface area (Å²) in [6.07, 6.45) is 7.39. The Balaban J connectivity index is 0.00000144.